The Morgan fingerprint density at radius 3 is 2.00 bits per heavy atom. The van der Waals surface area contributed by atoms with Crippen LogP contribution in [0, 0.1) is 0 Å². The molecule has 1 saturated heterocycles. The zero-order chi connectivity index (χ0) is 13.5. The van der Waals surface area contributed by atoms with Crippen LogP contribution in [0.25, 0.3) is 0 Å². The van der Waals surface area contributed by atoms with E-state index in [0.29, 0.717) is 12.8 Å². The number of hydrogen-bond donors (Lipinski definition) is 2. The molecule has 0 aromatic heterocycles. The number of hydroxylamine groups is 3. The van der Waals surface area contributed by atoms with Crippen LogP contribution in [0.2, 0.25) is 0 Å². The highest BCUT2D eigenvalue weighted by Gasteiger charge is 2.46. The Labute approximate surface area is 102 Å². The normalized spacial score (nSPS) is 26.0. The Hall–Kier alpha value is -0.250. The number of rotatable bonds is 3. The summed E-state index contributed by atoms with van der Waals surface area (Å²) in [7, 11) is -4.51. The minimum atomic E-state index is -4.51. The molecule has 8 heteroatoms. The number of nitrogens with zero attached hydrogens (tertiary/aromatic N) is 1. The largest absolute Gasteiger partial charge is 0.413 e. The molecule has 1 rings (SSSR count). The van der Waals surface area contributed by atoms with Crippen LogP contribution in [-0.4, -0.2) is 35.2 Å². The average Bonchev–Trinajstić information content (AvgIpc) is 2.09. The molecule has 0 unspecified atom stereocenters. The predicted molar refractivity (Wildman–Crippen MR) is 59.5 cm³/mol. The van der Waals surface area contributed by atoms with Gasteiger partial charge < -0.3 is 0 Å². The van der Waals surface area contributed by atoms with Crippen molar-refractivity contribution < 1.29 is 22.5 Å². The Kier molecular flexibility index (Phi) is 3.88. The summed E-state index contributed by atoms with van der Waals surface area (Å²) in [4.78, 5) is 0. The third-order valence-corrected chi connectivity index (χ3v) is 3.22. The van der Waals surface area contributed by atoms with Gasteiger partial charge in [0.25, 0.3) is 0 Å². The van der Waals surface area contributed by atoms with Crippen molar-refractivity contribution in [3.8, 4) is 0 Å². The third kappa shape index (κ3) is 3.87. The molecule has 0 atom stereocenters. The van der Waals surface area contributed by atoms with E-state index in [-0.39, 0.29) is 6.04 Å². The Morgan fingerprint density at radius 1 is 1.24 bits per heavy atom. The van der Waals surface area contributed by atoms with Crippen molar-refractivity contribution in [1.82, 2.24) is 10.5 Å². The molecule has 17 heavy (non-hydrogen) atoms. The van der Waals surface area contributed by atoms with Crippen LogP contribution < -0.4 is 5.48 Å². The first-order valence-corrected chi connectivity index (χ1v) is 6.69. The van der Waals surface area contributed by atoms with Crippen LogP contribution in [0.4, 0.5) is 0 Å². The maximum absolute atomic E-state index is 12.0. The molecular formula is C9H19N2O5S. The molecule has 1 heterocycles. The first kappa shape index (κ1) is 14.8. The molecule has 1 radical (unpaired) electrons. The lowest BCUT2D eigenvalue weighted by molar-refractivity contribution is -0.292. The van der Waals surface area contributed by atoms with Crippen LogP contribution in [-0.2, 0) is 19.9 Å². The first-order valence-electron chi connectivity index (χ1n) is 5.33. The van der Waals surface area contributed by atoms with E-state index in [0.717, 1.165) is 5.06 Å². The van der Waals surface area contributed by atoms with Crippen molar-refractivity contribution in [3.05, 3.63) is 0 Å². The third-order valence-electron chi connectivity index (χ3n) is 2.91. The second-order valence-corrected chi connectivity index (χ2v) is 6.68. The average molecular weight is 267 g/mol. The number of nitrogens with one attached hydrogen (secondary N) is 1. The summed E-state index contributed by atoms with van der Waals surface area (Å²) < 4.78 is 33.5. The molecular weight excluding hydrogens is 248 g/mol. The summed E-state index contributed by atoms with van der Waals surface area (Å²) in [5.41, 5.74) is 1.04. The molecule has 0 spiro atoms. The van der Waals surface area contributed by atoms with Gasteiger partial charge in [-0.2, -0.15) is 18.2 Å². The van der Waals surface area contributed by atoms with Crippen LogP contribution in [0.15, 0.2) is 0 Å². The highest BCUT2D eigenvalue weighted by atomic mass is 32.3. The second kappa shape index (κ2) is 4.45. The fourth-order valence-corrected chi connectivity index (χ4v) is 2.73. The van der Waals surface area contributed by atoms with Gasteiger partial charge in [0.1, 0.15) is 0 Å². The maximum atomic E-state index is 12.0. The van der Waals surface area contributed by atoms with Gasteiger partial charge in [0.2, 0.25) is 0 Å². The molecule has 0 bridgehead atoms. The summed E-state index contributed by atoms with van der Waals surface area (Å²) in [5, 5.41) is 13.0. The molecule has 2 N–H and O–H groups in total. The molecule has 1 fully saturated rings. The molecule has 0 saturated carbocycles. The van der Waals surface area contributed by atoms with Crippen molar-refractivity contribution in [1.29, 1.82) is 0 Å². The monoisotopic (exact) mass is 267 g/mol. The summed E-state index contributed by atoms with van der Waals surface area (Å²) in [6.45, 7) is 7.12. The van der Waals surface area contributed by atoms with E-state index < -0.39 is 21.5 Å². The summed E-state index contributed by atoms with van der Waals surface area (Å²) in [6.07, 6.45) is 0.852. The van der Waals surface area contributed by atoms with Crippen molar-refractivity contribution >= 4 is 10.4 Å². The molecule has 0 amide bonds. The van der Waals surface area contributed by atoms with E-state index in [1.807, 2.05) is 0 Å². The Bertz CT molecular complexity index is 361. The number of hydrogen-bond acceptors (Lipinski definition) is 5. The summed E-state index contributed by atoms with van der Waals surface area (Å²) in [6, 6.07) is -0.313. The second-order valence-electron chi connectivity index (χ2n) is 5.65. The molecule has 0 aliphatic carbocycles. The summed E-state index contributed by atoms with van der Waals surface area (Å²) >= 11 is 0. The van der Waals surface area contributed by atoms with Gasteiger partial charge >= 0.3 is 10.4 Å². The molecule has 101 valence electrons. The fraction of sp³-hybridized carbons (Fsp3) is 1.00. The van der Waals surface area contributed by atoms with Crippen molar-refractivity contribution in [2.45, 2.75) is 57.7 Å². The van der Waals surface area contributed by atoms with Gasteiger partial charge in [0, 0.05) is 17.1 Å². The minimum absolute atomic E-state index is 0.313. The first-order chi connectivity index (χ1) is 7.44. The quantitative estimate of drug-likeness (QED) is 0.576. The maximum Gasteiger partial charge on any atom is 0.413 e. The van der Waals surface area contributed by atoms with E-state index in [1.54, 1.807) is 27.7 Å². The molecule has 0 aromatic carbocycles. The summed E-state index contributed by atoms with van der Waals surface area (Å²) in [5.74, 6) is 0. The lowest BCUT2D eigenvalue weighted by Crippen LogP contribution is -2.61. The van der Waals surface area contributed by atoms with E-state index in [4.69, 9.17) is 4.55 Å². The zero-order valence-corrected chi connectivity index (χ0v) is 11.2. The topological polar surface area (TPSA) is 98.8 Å². The van der Waals surface area contributed by atoms with Gasteiger partial charge in [-0.3, -0.25) is 4.55 Å². The molecule has 1 aliphatic rings. The van der Waals surface area contributed by atoms with Crippen molar-refractivity contribution in [3.63, 3.8) is 0 Å². The van der Waals surface area contributed by atoms with Crippen LogP contribution in [0.1, 0.15) is 40.5 Å². The SMILES string of the molecule is CC1(C)CC(NOS(=O)(=O)O)CC(C)(C)N1[O]. The van der Waals surface area contributed by atoms with Gasteiger partial charge in [-0.15, -0.1) is 10.3 Å². The van der Waals surface area contributed by atoms with Crippen LogP contribution in [0.3, 0.4) is 0 Å². The zero-order valence-electron chi connectivity index (χ0n) is 10.4. The Balaban J connectivity index is 2.72. The minimum Gasteiger partial charge on any atom is -0.262 e. The van der Waals surface area contributed by atoms with Crippen LogP contribution >= 0.6 is 0 Å². The van der Waals surface area contributed by atoms with E-state index in [2.05, 4.69) is 9.76 Å². The standard InChI is InChI=1S/C9H19N2O5S/c1-8(2)5-7(10-16-17(13,14)15)6-9(3,4)11(8)12/h7,10H,5-6H2,1-4H3,(H,13,14,15). The van der Waals surface area contributed by atoms with Crippen LogP contribution in [0.5, 0.6) is 0 Å². The lowest BCUT2D eigenvalue weighted by Gasteiger charge is -2.49. The smallest absolute Gasteiger partial charge is 0.262 e. The lowest BCUT2D eigenvalue weighted by atomic mass is 9.79. The highest BCUT2D eigenvalue weighted by molar-refractivity contribution is 7.80. The predicted octanol–water partition coefficient (Wildman–Crippen LogP) is 0.677. The van der Waals surface area contributed by atoms with Gasteiger partial charge in [-0.05, 0) is 40.5 Å². The van der Waals surface area contributed by atoms with Gasteiger partial charge in [-0.1, -0.05) is 0 Å². The molecule has 1 aliphatic heterocycles. The van der Waals surface area contributed by atoms with Crippen molar-refractivity contribution in [2.24, 2.45) is 0 Å². The van der Waals surface area contributed by atoms with Crippen molar-refractivity contribution in [2.75, 3.05) is 0 Å². The fourth-order valence-electron chi connectivity index (χ4n) is 2.48. The van der Waals surface area contributed by atoms with Gasteiger partial charge in [0.15, 0.2) is 0 Å². The van der Waals surface area contributed by atoms with E-state index in [9.17, 15) is 13.6 Å². The van der Waals surface area contributed by atoms with E-state index >= 15 is 0 Å². The van der Waals surface area contributed by atoms with Gasteiger partial charge in [0.05, 0.1) is 0 Å². The molecule has 7 nitrogen and oxygen atoms in total. The highest BCUT2D eigenvalue weighted by Crippen LogP contribution is 2.36. The number of piperidine rings is 1. The Morgan fingerprint density at radius 2 is 1.65 bits per heavy atom. The molecule has 0 aromatic rings. The van der Waals surface area contributed by atoms with E-state index in [1.165, 1.54) is 0 Å². The van der Waals surface area contributed by atoms with Gasteiger partial charge in [-0.25, -0.2) is 0 Å².